The lowest BCUT2D eigenvalue weighted by atomic mass is 9.85. The van der Waals surface area contributed by atoms with Crippen molar-refractivity contribution >= 4 is 5.97 Å². The van der Waals surface area contributed by atoms with Crippen LogP contribution in [-0.4, -0.2) is 48.5 Å². The molecular formula is C7H8F5NO3. The van der Waals surface area contributed by atoms with Crippen molar-refractivity contribution in [3.05, 3.63) is 0 Å². The van der Waals surface area contributed by atoms with Crippen molar-refractivity contribution < 1.29 is 36.6 Å². The average molecular weight is 249 g/mol. The molecule has 1 spiro atoms. The maximum atomic E-state index is 12.5. The summed E-state index contributed by atoms with van der Waals surface area (Å²) in [4.78, 5) is 8.90. The first-order valence-corrected chi connectivity index (χ1v) is 4.13. The van der Waals surface area contributed by atoms with Crippen LogP contribution in [0.25, 0.3) is 0 Å². The van der Waals surface area contributed by atoms with Gasteiger partial charge in [-0.2, -0.15) is 13.2 Å². The maximum absolute atomic E-state index is 12.5. The molecular weight excluding hydrogens is 241 g/mol. The van der Waals surface area contributed by atoms with E-state index in [0.717, 1.165) is 0 Å². The number of carboxylic acids is 1. The number of carboxylic acid groups (broad SMARTS) is 1. The highest BCUT2D eigenvalue weighted by Crippen LogP contribution is 2.44. The van der Waals surface area contributed by atoms with Crippen molar-refractivity contribution in [1.82, 2.24) is 5.32 Å². The van der Waals surface area contributed by atoms with Crippen molar-refractivity contribution in [2.45, 2.75) is 17.7 Å². The number of aliphatic carboxylic acids is 1. The first-order chi connectivity index (χ1) is 7.11. The SMILES string of the molecule is FC1(F)COC12CNC2.O=C(O)C(F)(F)F. The second-order valence-corrected chi connectivity index (χ2v) is 3.39. The zero-order valence-electron chi connectivity index (χ0n) is 7.77. The molecule has 0 aliphatic carbocycles. The molecule has 2 rings (SSSR count). The standard InChI is InChI=1S/C5H7F2NO.C2HF3O2/c6-5(7)3-9-4(5)1-8-2-4;3-2(4,5)1(6)7/h8H,1-3H2;(H,6,7). The van der Waals surface area contributed by atoms with E-state index in [2.05, 4.69) is 5.32 Å². The van der Waals surface area contributed by atoms with E-state index in [9.17, 15) is 22.0 Å². The van der Waals surface area contributed by atoms with Crippen LogP contribution >= 0.6 is 0 Å². The van der Waals surface area contributed by atoms with Crippen molar-refractivity contribution in [2.24, 2.45) is 0 Å². The fourth-order valence-electron chi connectivity index (χ4n) is 1.10. The van der Waals surface area contributed by atoms with Crippen LogP contribution in [0.15, 0.2) is 0 Å². The van der Waals surface area contributed by atoms with Gasteiger partial charge >= 0.3 is 18.1 Å². The van der Waals surface area contributed by atoms with Crippen molar-refractivity contribution in [1.29, 1.82) is 0 Å². The minimum absolute atomic E-state index is 0.306. The molecule has 0 amide bonds. The third-order valence-corrected chi connectivity index (χ3v) is 2.26. The van der Waals surface area contributed by atoms with Gasteiger partial charge in [0.1, 0.15) is 6.61 Å². The van der Waals surface area contributed by atoms with Crippen LogP contribution in [0, 0.1) is 0 Å². The van der Waals surface area contributed by atoms with Gasteiger partial charge in [0, 0.05) is 13.1 Å². The average Bonchev–Trinajstić information content (AvgIpc) is 1.98. The number of rotatable bonds is 0. The monoisotopic (exact) mass is 249 g/mol. The summed E-state index contributed by atoms with van der Waals surface area (Å²) in [6, 6.07) is 0. The summed E-state index contributed by atoms with van der Waals surface area (Å²) in [5.41, 5.74) is -1.10. The Balaban J connectivity index is 0.000000168. The molecule has 2 fully saturated rings. The summed E-state index contributed by atoms with van der Waals surface area (Å²) in [5.74, 6) is -5.33. The molecule has 9 heteroatoms. The van der Waals surface area contributed by atoms with Gasteiger partial charge < -0.3 is 15.2 Å². The Bertz CT molecular complexity index is 281. The fourth-order valence-corrected chi connectivity index (χ4v) is 1.10. The summed E-state index contributed by atoms with van der Waals surface area (Å²) in [6.07, 6.45) is -5.08. The van der Waals surface area contributed by atoms with Crippen LogP contribution in [0.4, 0.5) is 22.0 Å². The molecule has 0 aromatic rings. The molecule has 0 unspecified atom stereocenters. The molecule has 0 saturated carbocycles. The minimum Gasteiger partial charge on any atom is -0.475 e. The first-order valence-electron chi connectivity index (χ1n) is 4.13. The molecule has 2 aliphatic heterocycles. The van der Waals surface area contributed by atoms with E-state index in [0.29, 0.717) is 13.1 Å². The lowest BCUT2D eigenvalue weighted by molar-refractivity contribution is -0.343. The highest BCUT2D eigenvalue weighted by atomic mass is 19.4. The van der Waals surface area contributed by atoms with Gasteiger partial charge in [-0.25, -0.2) is 13.6 Å². The normalized spacial score (nSPS) is 24.8. The molecule has 0 atom stereocenters. The van der Waals surface area contributed by atoms with E-state index in [1.165, 1.54) is 0 Å². The van der Waals surface area contributed by atoms with Crippen LogP contribution < -0.4 is 5.32 Å². The van der Waals surface area contributed by atoms with E-state index in [-0.39, 0.29) is 0 Å². The van der Waals surface area contributed by atoms with Crippen molar-refractivity contribution in [3.8, 4) is 0 Å². The molecule has 4 nitrogen and oxygen atoms in total. The number of ether oxygens (including phenoxy) is 1. The molecule has 2 heterocycles. The maximum Gasteiger partial charge on any atom is 0.490 e. The Morgan fingerprint density at radius 1 is 1.31 bits per heavy atom. The van der Waals surface area contributed by atoms with Crippen LogP contribution in [0.5, 0.6) is 0 Å². The van der Waals surface area contributed by atoms with E-state index < -0.39 is 30.3 Å². The molecule has 0 bridgehead atoms. The Hall–Kier alpha value is -0.960. The zero-order valence-corrected chi connectivity index (χ0v) is 7.77. The van der Waals surface area contributed by atoms with Crippen LogP contribution in [-0.2, 0) is 9.53 Å². The summed E-state index contributed by atoms with van der Waals surface area (Å²) in [6.45, 7) is 0.217. The largest absolute Gasteiger partial charge is 0.490 e. The van der Waals surface area contributed by atoms with Crippen LogP contribution in [0.1, 0.15) is 0 Å². The third kappa shape index (κ3) is 2.24. The predicted molar refractivity (Wildman–Crippen MR) is 40.2 cm³/mol. The second kappa shape index (κ2) is 3.81. The summed E-state index contributed by atoms with van der Waals surface area (Å²) in [5, 5.41) is 9.88. The fraction of sp³-hybridized carbons (Fsp3) is 0.857. The predicted octanol–water partition coefficient (Wildman–Crippen LogP) is 0.627. The van der Waals surface area contributed by atoms with Gasteiger partial charge in [0.25, 0.3) is 0 Å². The van der Waals surface area contributed by atoms with Gasteiger partial charge in [0.05, 0.1) is 0 Å². The van der Waals surface area contributed by atoms with Gasteiger partial charge in [0.2, 0.25) is 0 Å². The number of hydrogen-bond acceptors (Lipinski definition) is 3. The van der Waals surface area contributed by atoms with E-state index in [1.54, 1.807) is 0 Å². The van der Waals surface area contributed by atoms with Crippen molar-refractivity contribution in [3.63, 3.8) is 0 Å². The first kappa shape index (κ1) is 13.1. The summed E-state index contributed by atoms with van der Waals surface area (Å²) in [7, 11) is 0. The number of hydrogen-bond donors (Lipinski definition) is 2. The Morgan fingerprint density at radius 2 is 1.75 bits per heavy atom. The molecule has 0 radical (unpaired) electrons. The molecule has 16 heavy (non-hydrogen) atoms. The van der Waals surface area contributed by atoms with Crippen molar-refractivity contribution in [2.75, 3.05) is 19.7 Å². The molecule has 0 aromatic carbocycles. The van der Waals surface area contributed by atoms with Crippen LogP contribution in [0.2, 0.25) is 0 Å². The number of carbonyl (C=O) groups is 1. The van der Waals surface area contributed by atoms with Gasteiger partial charge in [-0.05, 0) is 0 Å². The quantitative estimate of drug-likeness (QED) is 0.618. The lowest BCUT2D eigenvalue weighted by Crippen LogP contribution is -2.78. The molecule has 2 aliphatic rings. The summed E-state index contributed by atoms with van der Waals surface area (Å²) >= 11 is 0. The third-order valence-electron chi connectivity index (χ3n) is 2.26. The Labute approximate surface area is 86.4 Å². The van der Waals surface area contributed by atoms with E-state index in [4.69, 9.17) is 14.6 Å². The molecule has 2 saturated heterocycles. The van der Waals surface area contributed by atoms with Gasteiger partial charge in [-0.1, -0.05) is 0 Å². The van der Waals surface area contributed by atoms with Gasteiger partial charge in [0.15, 0.2) is 5.60 Å². The lowest BCUT2D eigenvalue weighted by Gasteiger charge is -2.54. The highest BCUT2D eigenvalue weighted by molar-refractivity contribution is 5.73. The minimum atomic E-state index is -5.08. The topological polar surface area (TPSA) is 58.6 Å². The Morgan fingerprint density at radius 3 is 1.75 bits per heavy atom. The molecule has 2 N–H and O–H groups in total. The van der Waals surface area contributed by atoms with E-state index in [1.807, 2.05) is 0 Å². The molecule has 94 valence electrons. The number of nitrogens with one attached hydrogen (secondary N) is 1. The van der Waals surface area contributed by atoms with Gasteiger partial charge in [-0.3, -0.25) is 0 Å². The van der Waals surface area contributed by atoms with E-state index >= 15 is 0 Å². The summed E-state index contributed by atoms with van der Waals surface area (Å²) < 4.78 is 61.4. The molecule has 0 aromatic heterocycles. The number of alkyl halides is 5. The highest BCUT2D eigenvalue weighted by Gasteiger charge is 2.66. The second-order valence-electron chi connectivity index (χ2n) is 3.39. The number of halogens is 5. The smallest absolute Gasteiger partial charge is 0.475 e. The van der Waals surface area contributed by atoms with Crippen LogP contribution in [0.3, 0.4) is 0 Å². The Kier molecular flexibility index (Phi) is 3.12. The van der Waals surface area contributed by atoms with Gasteiger partial charge in [-0.15, -0.1) is 0 Å². The zero-order chi connectivity index (χ0) is 12.6.